The maximum absolute atomic E-state index is 12.5. The minimum Gasteiger partial charge on any atom is -0.478 e. The molecule has 0 bridgehead atoms. The number of nitrogens with zero attached hydrogens (tertiary/aromatic N) is 1. The number of aliphatic hydroxyl groups excluding tert-OH is 3. The van der Waals surface area contributed by atoms with E-state index >= 15 is 0 Å². The van der Waals surface area contributed by atoms with Crippen LogP contribution in [0.1, 0.15) is 6.92 Å². The summed E-state index contributed by atoms with van der Waals surface area (Å²) in [5.41, 5.74) is 5.91. The third kappa shape index (κ3) is 7.20. The quantitative estimate of drug-likeness (QED) is 0.123. The summed E-state index contributed by atoms with van der Waals surface area (Å²) in [6.07, 6.45) is -3.92. The summed E-state index contributed by atoms with van der Waals surface area (Å²) in [4.78, 5) is 41.0. The lowest BCUT2D eigenvalue weighted by molar-refractivity contribution is -0.145. The van der Waals surface area contributed by atoms with Gasteiger partial charge in [-0.05, 0) is 22.9 Å². The highest BCUT2D eigenvalue weighted by Crippen LogP contribution is 2.28. The number of aliphatic imine (C=N–C) groups is 1. The van der Waals surface area contributed by atoms with E-state index in [-0.39, 0.29) is 11.7 Å². The Morgan fingerprint density at radius 3 is 2.54 bits per heavy atom. The fourth-order valence-corrected chi connectivity index (χ4v) is 4.67. The number of hydrogen-bond acceptors (Lipinski definition) is 9. The second kappa shape index (κ2) is 12.5. The topological polar surface area (TPSA) is 204 Å². The predicted molar refractivity (Wildman–Crippen MR) is 136 cm³/mol. The first-order valence-electron chi connectivity index (χ1n) is 11.2. The lowest BCUT2D eigenvalue weighted by Crippen LogP contribution is -2.60. The lowest BCUT2D eigenvalue weighted by Gasteiger charge is -2.38. The largest absolute Gasteiger partial charge is 0.478 e. The van der Waals surface area contributed by atoms with E-state index in [1.165, 1.54) is 18.7 Å². The molecule has 0 radical (unpaired) electrons. The number of guanidine groups is 1. The maximum atomic E-state index is 12.5. The molecule has 13 heteroatoms. The van der Waals surface area contributed by atoms with E-state index in [9.17, 15) is 34.8 Å². The first kappa shape index (κ1) is 27.9. The predicted octanol–water partition coefficient (Wildman–Crippen LogP) is -0.682. The van der Waals surface area contributed by atoms with Crippen LogP contribution in [0.5, 0.6) is 0 Å². The number of benzene rings is 2. The van der Waals surface area contributed by atoms with Gasteiger partial charge in [-0.25, -0.2) is 9.79 Å². The molecule has 3 rings (SSSR count). The normalized spacial score (nSPS) is 21.4. The molecule has 2 aromatic carbocycles. The molecule has 2 aromatic rings. The number of carboxylic acid groups (broad SMARTS) is 1. The monoisotopic (exact) mass is 532 g/mol. The summed E-state index contributed by atoms with van der Waals surface area (Å²) in [5.74, 6) is -3.50. The molecule has 0 spiro atoms. The molecule has 1 aliphatic rings. The lowest BCUT2D eigenvalue weighted by atomic mass is 9.92. The van der Waals surface area contributed by atoms with Gasteiger partial charge in [0.25, 0.3) is 0 Å². The molecule has 2 amide bonds. The average Bonchev–Trinajstić information content (AvgIpc) is 2.86. The molecule has 0 saturated heterocycles. The van der Waals surface area contributed by atoms with Crippen LogP contribution in [0.4, 0.5) is 0 Å². The molecule has 5 atom stereocenters. The number of fused-ring (bicyclic) bond motifs is 1. The van der Waals surface area contributed by atoms with Crippen molar-refractivity contribution in [3.63, 3.8) is 0 Å². The van der Waals surface area contributed by atoms with Crippen LogP contribution in [0.25, 0.3) is 10.8 Å². The number of amides is 2. The Bertz CT molecular complexity index is 1210. The second-order valence-corrected chi connectivity index (χ2v) is 9.22. The number of hydrogen-bond donors (Lipinski definition) is 7. The summed E-state index contributed by atoms with van der Waals surface area (Å²) >= 11 is 1.30. The van der Waals surface area contributed by atoms with Crippen LogP contribution in [0.15, 0.2) is 64.2 Å². The Labute approximate surface area is 216 Å². The average molecular weight is 533 g/mol. The molecule has 0 unspecified atom stereocenters. The highest BCUT2D eigenvalue weighted by Gasteiger charge is 2.43. The van der Waals surface area contributed by atoms with Gasteiger partial charge in [-0.15, -0.1) is 11.8 Å². The van der Waals surface area contributed by atoms with Gasteiger partial charge in [0.1, 0.15) is 18.3 Å². The van der Waals surface area contributed by atoms with E-state index in [1.807, 2.05) is 42.5 Å². The van der Waals surface area contributed by atoms with E-state index in [2.05, 4.69) is 15.6 Å². The van der Waals surface area contributed by atoms with E-state index in [0.717, 1.165) is 21.7 Å². The fourth-order valence-electron chi connectivity index (χ4n) is 3.80. The zero-order chi connectivity index (χ0) is 27.1. The number of carbonyl (C=O) groups is 3. The third-order valence-electron chi connectivity index (χ3n) is 5.47. The molecule has 8 N–H and O–H groups in total. The highest BCUT2D eigenvalue weighted by molar-refractivity contribution is 8.00. The molecular weight excluding hydrogens is 504 g/mol. The van der Waals surface area contributed by atoms with Crippen LogP contribution in [0.2, 0.25) is 0 Å². The van der Waals surface area contributed by atoms with Crippen molar-refractivity contribution in [2.45, 2.75) is 42.2 Å². The van der Waals surface area contributed by atoms with Crippen LogP contribution >= 0.6 is 11.8 Å². The van der Waals surface area contributed by atoms with Gasteiger partial charge in [-0.2, -0.15) is 0 Å². The number of aliphatic hydroxyl groups is 3. The number of thioether (sulfide) groups is 1. The van der Waals surface area contributed by atoms with Gasteiger partial charge in [0.2, 0.25) is 17.6 Å². The van der Waals surface area contributed by atoms with Crippen molar-refractivity contribution in [2.75, 3.05) is 12.4 Å². The zero-order valence-electron chi connectivity index (χ0n) is 19.8. The van der Waals surface area contributed by atoms with E-state index in [4.69, 9.17) is 10.5 Å². The summed E-state index contributed by atoms with van der Waals surface area (Å²) in [6.45, 7) is 0.333. The number of nitrogens with two attached hydrogens (primary N) is 1. The van der Waals surface area contributed by atoms with Crippen molar-refractivity contribution in [3.05, 3.63) is 54.3 Å². The van der Waals surface area contributed by atoms with Crippen molar-refractivity contribution in [1.82, 2.24) is 10.6 Å². The summed E-state index contributed by atoms with van der Waals surface area (Å²) in [6, 6.07) is 11.1. The molecule has 1 aliphatic heterocycles. The van der Waals surface area contributed by atoms with Crippen molar-refractivity contribution in [1.29, 1.82) is 0 Å². The third-order valence-corrected chi connectivity index (χ3v) is 6.54. The van der Waals surface area contributed by atoms with Crippen molar-refractivity contribution < 1.29 is 39.5 Å². The van der Waals surface area contributed by atoms with Crippen molar-refractivity contribution in [3.8, 4) is 0 Å². The molecule has 37 heavy (non-hydrogen) atoms. The number of carbonyl (C=O) groups excluding carboxylic acids is 2. The van der Waals surface area contributed by atoms with Crippen LogP contribution in [0, 0.1) is 0 Å². The highest BCUT2D eigenvalue weighted by atomic mass is 32.2. The first-order valence-corrected chi connectivity index (χ1v) is 12.2. The molecule has 1 heterocycles. The molecule has 12 nitrogen and oxygen atoms in total. The molecule has 0 fully saturated rings. The van der Waals surface area contributed by atoms with Gasteiger partial charge in [-0.1, -0.05) is 36.4 Å². The summed E-state index contributed by atoms with van der Waals surface area (Å²) in [5, 5.41) is 45.9. The minimum atomic E-state index is -1.78. The van der Waals surface area contributed by atoms with E-state index < -0.39 is 60.5 Å². The van der Waals surface area contributed by atoms with Crippen LogP contribution in [0.3, 0.4) is 0 Å². The Morgan fingerprint density at radius 2 is 1.86 bits per heavy atom. The standard InChI is InChI=1S/C24H28N4O8S/c1-12(30)26-20-15(9-17(23(34)35)36-22(20)21(33)16(31)10-29)27-24(25)28-19(32)11-37-18-8-4-6-13-5-2-3-7-14(13)18/h2-9,15-16,20-22,29,31,33H,10-11H2,1H3,(H,26,30)(H,34,35)(H3,25,27,28,32)/t15-,16+,20+,21+,22+/m0/s1. The van der Waals surface area contributed by atoms with Crippen molar-refractivity contribution in [2.24, 2.45) is 10.7 Å². The van der Waals surface area contributed by atoms with E-state index in [0.29, 0.717) is 0 Å². The Kier molecular flexibility index (Phi) is 9.47. The fraction of sp³-hybridized carbons (Fsp3) is 0.333. The number of carboxylic acids is 1. The number of aliphatic carboxylic acids is 1. The molecule has 0 aliphatic carbocycles. The molecule has 0 saturated carbocycles. The number of nitrogens with one attached hydrogen (secondary N) is 2. The first-order chi connectivity index (χ1) is 17.6. The van der Waals surface area contributed by atoms with Gasteiger partial charge in [0, 0.05) is 11.8 Å². The smallest absolute Gasteiger partial charge is 0.370 e. The van der Waals surface area contributed by atoms with E-state index in [1.54, 1.807) is 0 Å². The minimum absolute atomic E-state index is 0.00732. The molecule has 198 valence electrons. The van der Waals surface area contributed by atoms with Crippen LogP contribution < -0.4 is 16.4 Å². The SMILES string of the molecule is CC(=O)N[C@H]1[C@H]([C@H](O)[C@H](O)CO)OC(C(=O)O)=C[C@@H]1N=C(N)NC(=O)CSc1cccc2ccccc12. The second-order valence-electron chi connectivity index (χ2n) is 8.20. The van der Waals surface area contributed by atoms with Crippen molar-refractivity contribution >= 4 is 46.3 Å². The van der Waals surface area contributed by atoms with Crippen LogP contribution in [-0.4, -0.2) is 86.9 Å². The van der Waals surface area contributed by atoms with Gasteiger partial charge in [-0.3, -0.25) is 14.9 Å². The Morgan fingerprint density at radius 1 is 1.16 bits per heavy atom. The Balaban J connectivity index is 1.78. The van der Waals surface area contributed by atoms with Gasteiger partial charge in [0.05, 0.1) is 24.4 Å². The van der Waals surface area contributed by atoms with Crippen LogP contribution in [-0.2, 0) is 19.1 Å². The number of rotatable bonds is 9. The molecule has 0 aromatic heterocycles. The zero-order valence-corrected chi connectivity index (χ0v) is 20.6. The van der Waals surface area contributed by atoms with Gasteiger partial charge < -0.3 is 36.2 Å². The number of ether oxygens (including phenoxy) is 1. The summed E-state index contributed by atoms with van der Waals surface area (Å²) < 4.78 is 5.29. The Hall–Kier alpha value is -3.65. The molecular formula is C24H28N4O8S. The maximum Gasteiger partial charge on any atom is 0.370 e. The summed E-state index contributed by atoms with van der Waals surface area (Å²) in [7, 11) is 0. The van der Waals surface area contributed by atoms with Gasteiger partial charge in [0.15, 0.2) is 5.96 Å². The van der Waals surface area contributed by atoms with Gasteiger partial charge >= 0.3 is 5.97 Å².